The van der Waals surface area contributed by atoms with Crippen molar-refractivity contribution in [2.75, 3.05) is 20.4 Å². The molecule has 0 amide bonds. The molecule has 0 atom stereocenters. The van der Waals surface area contributed by atoms with Crippen LogP contribution in [0.15, 0.2) is 0 Å². The van der Waals surface area contributed by atoms with E-state index in [1.54, 1.807) is 0 Å². The van der Waals surface area contributed by atoms with Gasteiger partial charge in [-0.15, -0.1) is 0 Å². The summed E-state index contributed by atoms with van der Waals surface area (Å²) in [4.78, 5) is 21.2. The monoisotopic (exact) mass is 251 g/mol. The summed E-state index contributed by atoms with van der Waals surface area (Å²) >= 11 is 0. The topological polar surface area (TPSA) is 65.0 Å². The molecule has 1 saturated carbocycles. The maximum atomic E-state index is 11.5. The first kappa shape index (κ1) is 13.8. The summed E-state index contributed by atoms with van der Waals surface area (Å²) in [5, 5.41) is 0. The molecule has 5 nitrogen and oxygen atoms in total. The van der Waals surface area contributed by atoms with Gasteiger partial charge in [0.2, 0.25) is 6.16 Å². The molecule has 0 aromatic rings. The predicted molar refractivity (Wildman–Crippen MR) is 61.0 cm³/mol. The van der Waals surface area contributed by atoms with Crippen LogP contribution in [-0.2, 0) is 18.6 Å². The van der Waals surface area contributed by atoms with Gasteiger partial charge < -0.3 is 4.74 Å². The van der Waals surface area contributed by atoms with Gasteiger partial charge in [0, 0.05) is 0 Å². The lowest BCUT2D eigenvalue weighted by Crippen LogP contribution is -2.24. The van der Waals surface area contributed by atoms with E-state index < -0.39 is 13.9 Å². The van der Waals surface area contributed by atoms with E-state index in [1.807, 2.05) is 0 Å². The van der Waals surface area contributed by atoms with Gasteiger partial charge in [-0.1, -0.05) is 6.42 Å². The fraction of sp³-hybridized carbons (Fsp3) is 0.900. The number of carbonyl (C=O) groups excluding carboxylic acids is 1. The Bertz CT molecular complexity index is 223. The number of esters is 1. The zero-order valence-electron chi connectivity index (χ0n) is 9.85. The third-order valence-electron chi connectivity index (χ3n) is 2.75. The van der Waals surface area contributed by atoms with Crippen LogP contribution in [0.1, 0.15) is 32.1 Å². The minimum absolute atomic E-state index is 0.00316. The molecule has 0 heterocycles. The highest BCUT2D eigenvalue weighted by molar-refractivity contribution is 7.61. The molecule has 0 bridgehead atoms. The number of rotatable bonds is 5. The van der Waals surface area contributed by atoms with Crippen molar-refractivity contribution in [1.82, 2.24) is 0 Å². The van der Waals surface area contributed by atoms with E-state index >= 15 is 0 Å². The minimum atomic E-state index is -3.03. The van der Waals surface area contributed by atoms with Crippen LogP contribution >= 0.6 is 7.94 Å². The fourth-order valence-electron chi connectivity index (χ4n) is 1.77. The Hall–Kier alpha value is -0.220. The lowest BCUT2D eigenvalue weighted by molar-refractivity contribution is -0.147. The quantitative estimate of drug-likeness (QED) is 0.597. The summed E-state index contributed by atoms with van der Waals surface area (Å²) < 4.78 is 14.8. The third kappa shape index (κ3) is 4.34. The number of ether oxygens (including phenoxy) is 1. The summed E-state index contributed by atoms with van der Waals surface area (Å²) in [6, 6.07) is 0. The first-order chi connectivity index (χ1) is 7.59. The molecule has 1 aliphatic carbocycles. The molecule has 0 radical (unpaired) electrons. The van der Waals surface area contributed by atoms with E-state index in [9.17, 15) is 9.69 Å². The second kappa shape index (κ2) is 6.50. The average Bonchev–Trinajstić information content (AvgIpc) is 2.30. The molecule has 1 fully saturated rings. The molecule has 0 aromatic heterocycles. The summed E-state index contributed by atoms with van der Waals surface area (Å²) in [5.41, 5.74) is 0. The Morgan fingerprint density at radius 2 is 1.81 bits per heavy atom. The second-order valence-electron chi connectivity index (χ2n) is 3.91. The molecule has 0 spiro atoms. The second-order valence-corrected chi connectivity index (χ2v) is 6.23. The molecular weight excluding hydrogens is 231 g/mol. The van der Waals surface area contributed by atoms with Crippen LogP contribution in [0, 0.1) is 0 Å². The molecule has 1 aliphatic rings. The smallest absolute Gasteiger partial charge is 0.420 e. The Morgan fingerprint density at radius 3 is 2.31 bits per heavy atom. The van der Waals surface area contributed by atoms with Crippen molar-refractivity contribution in [3.63, 3.8) is 0 Å². The van der Waals surface area contributed by atoms with Crippen molar-refractivity contribution in [2.24, 2.45) is 0 Å². The fourth-order valence-corrected chi connectivity index (χ4v) is 2.58. The summed E-state index contributed by atoms with van der Waals surface area (Å²) in [5.74, 6) is -0.438. The highest BCUT2D eigenvalue weighted by Gasteiger charge is 2.42. The molecule has 16 heavy (non-hydrogen) atoms. The van der Waals surface area contributed by atoms with Crippen molar-refractivity contribution in [3.05, 3.63) is 0 Å². The molecule has 0 saturated heterocycles. The van der Waals surface area contributed by atoms with Gasteiger partial charge in [0.1, 0.15) is 6.10 Å². The van der Waals surface area contributed by atoms with E-state index in [2.05, 4.69) is 0 Å². The van der Waals surface area contributed by atoms with Gasteiger partial charge in [0.15, 0.2) is 0 Å². The zero-order chi connectivity index (χ0) is 12.0. The zero-order valence-corrected chi connectivity index (χ0v) is 10.7. The summed E-state index contributed by atoms with van der Waals surface area (Å²) in [6.45, 7) is 0. The Labute approximate surface area is 96.7 Å². The van der Waals surface area contributed by atoms with Crippen LogP contribution in [0.5, 0.6) is 0 Å². The van der Waals surface area contributed by atoms with Gasteiger partial charge in [-0.3, -0.25) is 0 Å². The lowest BCUT2D eigenvalue weighted by atomic mass is 9.98. The van der Waals surface area contributed by atoms with Gasteiger partial charge >= 0.3 is 13.9 Å². The number of hydrogen-bond acceptors (Lipinski definition) is 5. The third-order valence-corrected chi connectivity index (χ3v) is 4.55. The van der Waals surface area contributed by atoms with Crippen LogP contribution in [0.3, 0.4) is 0 Å². The first-order valence-electron chi connectivity index (χ1n) is 5.51. The lowest BCUT2D eigenvalue weighted by Gasteiger charge is -2.22. The summed E-state index contributed by atoms with van der Waals surface area (Å²) in [7, 11) is -0.380. The number of hydrogen-bond donors (Lipinski definition) is 1. The molecule has 1 N–H and O–H groups in total. The van der Waals surface area contributed by atoms with Gasteiger partial charge in [-0.05, 0) is 25.7 Å². The van der Waals surface area contributed by atoms with Crippen LogP contribution in [-0.4, -0.2) is 37.3 Å². The van der Waals surface area contributed by atoms with E-state index in [-0.39, 0.29) is 12.3 Å². The minimum Gasteiger partial charge on any atom is -0.459 e. The van der Waals surface area contributed by atoms with E-state index in [0.29, 0.717) is 0 Å². The molecule has 6 heteroatoms. The standard InChI is InChI=1S/C10H20O5P/c1-13-16(12,14-2)8-10(11)15-9-6-4-3-5-7-9/h9,12H,3-8H2,1-2H3/q+1. The van der Waals surface area contributed by atoms with Gasteiger partial charge in [0.05, 0.1) is 14.2 Å². The molecule has 0 unspecified atom stereocenters. The molecule has 0 aromatic carbocycles. The Morgan fingerprint density at radius 1 is 1.25 bits per heavy atom. The van der Waals surface area contributed by atoms with Gasteiger partial charge in [0.25, 0.3) is 0 Å². The molecular formula is C10H20O5P+. The van der Waals surface area contributed by atoms with E-state index in [0.717, 1.165) is 25.7 Å². The summed E-state index contributed by atoms with van der Waals surface area (Å²) in [6.07, 6.45) is 5.06. The molecule has 94 valence electrons. The Kier molecular flexibility index (Phi) is 5.62. The highest BCUT2D eigenvalue weighted by atomic mass is 31.2. The normalized spacial score (nSPS) is 18.4. The van der Waals surface area contributed by atoms with Crippen molar-refractivity contribution < 1.29 is 23.5 Å². The van der Waals surface area contributed by atoms with Gasteiger partial charge in [-0.25, -0.2) is 4.79 Å². The van der Waals surface area contributed by atoms with Gasteiger partial charge in [-0.2, -0.15) is 13.9 Å². The SMILES string of the molecule is CO[P+](O)(CC(=O)OC1CCCCC1)OC. The maximum absolute atomic E-state index is 11.5. The van der Waals surface area contributed by atoms with Crippen LogP contribution in [0.25, 0.3) is 0 Å². The molecule has 1 rings (SSSR count). The largest absolute Gasteiger partial charge is 0.459 e. The Balaban J connectivity index is 2.34. The van der Waals surface area contributed by atoms with Crippen molar-refractivity contribution >= 4 is 13.9 Å². The average molecular weight is 251 g/mol. The predicted octanol–water partition coefficient (Wildman–Crippen LogP) is 1.91. The van der Waals surface area contributed by atoms with Crippen LogP contribution in [0.4, 0.5) is 0 Å². The number of carbonyl (C=O) groups is 1. The first-order valence-corrected chi connectivity index (χ1v) is 7.27. The van der Waals surface area contributed by atoms with E-state index in [1.165, 1.54) is 20.6 Å². The van der Waals surface area contributed by atoms with Crippen molar-refractivity contribution in [2.45, 2.75) is 38.2 Å². The van der Waals surface area contributed by atoms with Crippen molar-refractivity contribution in [1.29, 1.82) is 0 Å². The highest BCUT2D eigenvalue weighted by Crippen LogP contribution is 2.55. The maximum Gasteiger partial charge on any atom is 0.420 e. The van der Waals surface area contributed by atoms with Crippen LogP contribution < -0.4 is 0 Å². The van der Waals surface area contributed by atoms with Crippen molar-refractivity contribution in [3.8, 4) is 0 Å². The molecule has 0 aliphatic heterocycles. The van der Waals surface area contributed by atoms with E-state index in [4.69, 9.17) is 13.8 Å². The van der Waals surface area contributed by atoms with Crippen LogP contribution in [0.2, 0.25) is 0 Å².